The van der Waals surface area contributed by atoms with Crippen molar-refractivity contribution < 1.29 is 0 Å². The lowest BCUT2D eigenvalue weighted by Gasteiger charge is -2.52. The SMILES string of the molecule is CCCn1c(=O)c2[nH]c(C34CCC(CN)(CC3)CC4)nc2n(CCC)c1=O. The van der Waals surface area contributed by atoms with Gasteiger partial charge >= 0.3 is 5.69 Å². The fourth-order valence-corrected chi connectivity index (χ4v) is 5.19. The van der Waals surface area contributed by atoms with E-state index in [-0.39, 0.29) is 16.7 Å². The quantitative estimate of drug-likeness (QED) is 0.811. The second kappa shape index (κ2) is 6.62. The van der Waals surface area contributed by atoms with Crippen molar-refractivity contribution in [2.24, 2.45) is 11.1 Å². The van der Waals surface area contributed by atoms with Crippen LogP contribution >= 0.6 is 0 Å². The second-order valence-corrected chi connectivity index (χ2v) is 8.66. The van der Waals surface area contributed by atoms with E-state index in [1.165, 1.54) is 4.57 Å². The molecule has 0 aromatic carbocycles. The fraction of sp³-hybridized carbons (Fsp3) is 0.750. The first-order valence-corrected chi connectivity index (χ1v) is 10.4. The zero-order chi connectivity index (χ0) is 19.2. The van der Waals surface area contributed by atoms with Crippen molar-refractivity contribution in [2.45, 2.75) is 83.7 Å². The van der Waals surface area contributed by atoms with Crippen LogP contribution in [0.3, 0.4) is 0 Å². The Morgan fingerprint density at radius 3 is 2.15 bits per heavy atom. The Morgan fingerprint density at radius 1 is 1.00 bits per heavy atom. The highest BCUT2D eigenvalue weighted by molar-refractivity contribution is 5.70. The smallest absolute Gasteiger partial charge is 0.332 e. The molecule has 3 aliphatic carbocycles. The van der Waals surface area contributed by atoms with E-state index in [1.807, 2.05) is 13.8 Å². The fourth-order valence-electron chi connectivity index (χ4n) is 5.19. The zero-order valence-electron chi connectivity index (χ0n) is 16.5. The Morgan fingerprint density at radius 2 is 1.59 bits per heavy atom. The number of hydrogen-bond donors (Lipinski definition) is 2. The van der Waals surface area contributed by atoms with Crippen molar-refractivity contribution >= 4 is 11.2 Å². The third-order valence-electron chi connectivity index (χ3n) is 7.09. The summed E-state index contributed by atoms with van der Waals surface area (Å²) in [5, 5.41) is 0. The Kier molecular flexibility index (Phi) is 4.53. The van der Waals surface area contributed by atoms with Crippen molar-refractivity contribution in [2.75, 3.05) is 6.54 Å². The van der Waals surface area contributed by atoms with Crippen LogP contribution < -0.4 is 17.0 Å². The van der Waals surface area contributed by atoms with Gasteiger partial charge < -0.3 is 10.7 Å². The molecule has 7 nitrogen and oxygen atoms in total. The molecule has 2 heterocycles. The maximum absolute atomic E-state index is 13.0. The number of nitrogens with two attached hydrogens (primary N) is 1. The van der Waals surface area contributed by atoms with E-state index >= 15 is 0 Å². The summed E-state index contributed by atoms with van der Waals surface area (Å²) in [5.41, 5.74) is 6.91. The summed E-state index contributed by atoms with van der Waals surface area (Å²) in [7, 11) is 0. The van der Waals surface area contributed by atoms with Crippen LogP contribution in [0.2, 0.25) is 0 Å². The number of imidazole rings is 1. The van der Waals surface area contributed by atoms with Gasteiger partial charge in [0.25, 0.3) is 5.56 Å². The summed E-state index contributed by atoms with van der Waals surface area (Å²) in [6.07, 6.45) is 8.14. The highest BCUT2D eigenvalue weighted by Crippen LogP contribution is 2.56. The van der Waals surface area contributed by atoms with Gasteiger partial charge in [-0.25, -0.2) is 9.78 Å². The summed E-state index contributed by atoms with van der Waals surface area (Å²) in [5.74, 6) is 0.901. The van der Waals surface area contributed by atoms with Crippen LogP contribution in [0.25, 0.3) is 11.2 Å². The first-order valence-electron chi connectivity index (χ1n) is 10.4. The van der Waals surface area contributed by atoms with Gasteiger partial charge in [0, 0.05) is 18.5 Å². The lowest BCUT2D eigenvalue weighted by atomic mass is 9.53. The average Bonchev–Trinajstić information content (AvgIpc) is 3.16. The molecule has 3 aliphatic rings. The molecule has 0 aliphatic heterocycles. The molecule has 2 bridgehead atoms. The number of nitrogens with one attached hydrogen (secondary N) is 1. The lowest BCUT2D eigenvalue weighted by Crippen LogP contribution is -2.47. The minimum atomic E-state index is -0.235. The van der Waals surface area contributed by atoms with Gasteiger partial charge in [-0.2, -0.15) is 0 Å². The summed E-state index contributed by atoms with van der Waals surface area (Å²) < 4.78 is 3.04. The topological polar surface area (TPSA) is 98.7 Å². The van der Waals surface area contributed by atoms with E-state index < -0.39 is 0 Å². The Bertz CT molecular complexity index is 943. The highest BCUT2D eigenvalue weighted by Gasteiger charge is 2.50. The van der Waals surface area contributed by atoms with Crippen LogP contribution in [0.5, 0.6) is 0 Å². The molecule has 148 valence electrons. The van der Waals surface area contributed by atoms with Crippen LogP contribution in [0.1, 0.15) is 71.0 Å². The van der Waals surface area contributed by atoms with Gasteiger partial charge in [0.1, 0.15) is 11.3 Å². The zero-order valence-corrected chi connectivity index (χ0v) is 16.5. The van der Waals surface area contributed by atoms with E-state index in [4.69, 9.17) is 10.7 Å². The van der Waals surface area contributed by atoms with E-state index in [1.54, 1.807) is 4.57 Å². The van der Waals surface area contributed by atoms with Crippen LogP contribution in [0.4, 0.5) is 0 Å². The predicted molar refractivity (Wildman–Crippen MR) is 106 cm³/mol. The molecule has 0 radical (unpaired) electrons. The summed E-state index contributed by atoms with van der Waals surface area (Å²) >= 11 is 0. The molecule has 7 heteroatoms. The van der Waals surface area contributed by atoms with Gasteiger partial charge in [0.2, 0.25) is 0 Å². The van der Waals surface area contributed by atoms with Crippen LogP contribution in [-0.2, 0) is 18.5 Å². The van der Waals surface area contributed by atoms with Crippen LogP contribution in [0, 0.1) is 5.41 Å². The number of aromatic amines is 1. The average molecular weight is 374 g/mol. The van der Waals surface area contributed by atoms with E-state index in [2.05, 4.69) is 4.98 Å². The number of fused-ring (bicyclic) bond motifs is 4. The first kappa shape index (κ1) is 18.5. The van der Waals surface area contributed by atoms with Crippen molar-refractivity contribution in [3.05, 3.63) is 26.7 Å². The Hall–Kier alpha value is -1.89. The van der Waals surface area contributed by atoms with Gasteiger partial charge in [0.05, 0.1) is 0 Å². The molecule has 5 rings (SSSR count). The number of H-pyrrole nitrogens is 1. The third-order valence-corrected chi connectivity index (χ3v) is 7.09. The minimum absolute atomic E-state index is 0.00502. The maximum Gasteiger partial charge on any atom is 0.332 e. The number of rotatable bonds is 6. The molecular formula is C20H31N5O2. The molecule has 0 saturated heterocycles. The molecule has 0 spiro atoms. The second-order valence-electron chi connectivity index (χ2n) is 8.66. The predicted octanol–water partition coefficient (Wildman–Crippen LogP) is 2.26. The number of hydrogen-bond acceptors (Lipinski definition) is 4. The molecule has 27 heavy (non-hydrogen) atoms. The number of aromatic nitrogens is 4. The molecule has 0 unspecified atom stereocenters. The van der Waals surface area contributed by atoms with Crippen molar-refractivity contribution in [3.8, 4) is 0 Å². The van der Waals surface area contributed by atoms with E-state index in [0.717, 1.165) is 63.7 Å². The van der Waals surface area contributed by atoms with E-state index in [9.17, 15) is 9.59 Å². The molecule has 0 atom stereocenters. The molecule has 3 saturated carbocycles. The summed E-state index contributed by atoms with van der Waals surface area (Å²) in [4.78, 5) is 34.0. The van der Waals surface area contributed by atoms with Crippen LogP contribution in [-0.4, -0.2) is 25.6 Å². The number of nitrogens with zero attached hydrogens (tertiary/aromatic N) is 3. The van der Waals surface area contributed by atoms with Gasteiger partial charge in [0.15, 0.2) is 5.65 Å². The van der Waals surface area contributed by atoms with Crippen molar-refractivity contribution in [1.82, 2.24) is 19.1 Å². The van der Waals surface area contributed by atoms with Crippen molar-refractivity contribution in [3.63, 3.8) is 0 Å². The van der Waals surface area contributed by atoms with Crippen molar-refractivity contribution in [1.29, 1.82) is 0 Å². The molecular weight excluding hydrogens is 342 g/mol. The largest absolute Gasteiger partial charge is 0.336 e. The summed E-state index contributed by atoms with van der Waals surface area (Å²) in [6, 6.07) is 0. The Balaban J connectivity index is 1.85. The summed E-state index contributed by atoms with van der Waals surface area (Å²) in [6.45, 7) is 5.80. The van der Waals surface area contributed by atoms with Gasteiger partial charge in [-0.05, 0) is 63.3 Å². The van der Waals surface area contributed by atoms with Gasteiger partial charge in [-0.3, -0.25) is 13.9 Å². The number of aryl methyl sites for hydroxylation is 1. The maximum atomic E-state index is 13.0. The molecule has 3 N–H and O–H groups in total. The minimum Gasteiger partial charge on any atom is -0.336 e. The third kappa shape index (κ3) is 2.70. The standard InChI is InChI=1S/C20H31N5O2/c1-3-11-24-15-14(16(26)25(12-4-2)18(24)27)22-17(23-15)20-8-5-19(13-21,6-9-20)7-10-20/h3-13,21H2,1-2H3,(H,22,23). The normalized spacial score (nSPS) is 27.5. The van der Waals surface area contributed by atoms with Gasteiger partial charge in [-0.15, -0.1) is 0 Å². The van der Waals surface area contributed by atoms with Gasteiger partial charge in [-0.1, -0.05) is 13.8 Å². The monoisotopic (exact) mass is 373 g/mol. The van der Waals surface area contributed by atoms with E-state index in [0.29, 0.717) is 29.7 Å². The highest BCUT2D eigenvalue weighted by atomic mass is 16.2. The Labute approximate surface area is 159 Å². The lowest BCUT2D eigenvalue weighted by molar-refractivity contribution is 0.0430. The molecule has 2 aromatic rings. The van der Waals surface area contributed by atoms with Crippen LogP contribution in [0.15, 0.2) is 9.59 Å². The molecule has 3 fully saturated rings. The first-order chi connectivity index (χ1) is 13.0. The molecule has 2 aromatic heterocycles. The molecule has 0 amide bonds.